The lowest BCUT2D eigenvalue weighted by molar-refractivity contribution is 0.232. The van der Waals surface area contributed by atoms with Gasteiger partial charge in [-0.2, -0.15) is 0 Å². The fourth-order valence-corrected chi connectivity index (χ4v) is 5.47. The van der Waals surface area contributed by atoms with Crippen molar-refractivity contribution < 1.29 is 24.4 Å². The van der Waals surface area contributed by atoms with Crippen LogP contribution < -0.4 is 14.2 Å². The monoisotopic (exact) mass is 641 g/mol. The molecule has 0 saturated heterocycles. The molecule has 0 bridgehead atoms. The minimum Gasteiger partial charge on any atom is -0.507 e. The molecule has 2 N–H and O–H groups in total. The first-order valence-corrected chi connectivity index (χ1v) is 17.2. The fraction of sp³-hybridized carbons (Fsp3) is 0.462. The van der Waals surface area contributed by atoms with Crippen LogP contribution in [0.3, 0.4) is 0 Å². The number of rotatable bonds is 19. The predicted molar refractivity (Wildman–Crippen MR) is 187 cm³/mol. The molecule has 8 nitrogen and oxygen atoms in total. The van der Waals surface area contributed by atoms with Crippen LogP contribution in [0.15, 0.2) is 60.7 Å². The first-order valence-electron chi connectivity index (χ1n) is 17.2. The van der Waals surface area contributed by atoms with Crippen LogP contribution in [0.2, 0.25) is 0 Å². The lowest BCUT2D eigenvalue weighted by Crippen LogP contribution is -2.11. The maximum absolute atomic E-state index is 11.1. The summed E-state index contributed by atoms with van der Waals surface area (Å²) in [7, 11) is 1.63. The van der Waals surface area contributed by atoms with Gasteiger partial charge in [0.1, 0.15) is 34.6 Å². The van der Waals surface area contributed by atoms with Gasteiger partial charge in [-0.3, -0.25) is 0 Å². The van der Waals surface area contributed by atoms with Gasteiger partial charge in [0, 0.05) is 18.6 Å². The number of phenolic OH excluding ortho intramolecular Hbond substituents is 2. The topological polar surface area (TPSA) is 107 Å². The highest BCUT2D eigenvalue weighted by Crippen LogP contribution is 2.35. The van der Waals surface area contributed by atoms with Crippen LogP contribution in [0.1, 0.15) is 90.4 Å². The van der Waals surface area contributed by atoms with Gasteiger partial charge >= 0.3 is 0 Å². The molecular weight excluding hydrogens is 590 g/mol. The van der Waals surface area contributed by atoms with Crippen LogP contribution >= 0.6 is 0 Å². The summed E-state index contributed by atoms with van der Waals surface area (Å²) in [5, 5.41) is 22.2. The molecule has 0 fully saturated rings. The van der Waals surface area contributed by atoms with Crippen LogP contribution in [-0.4, -0.2) is 45.5 Å². The number of hydrogen-bond acceptors (Lipinski definition) is 8. The standard InChI is InChI=1S/C39H51N3O5/c1-6-10-12-27(8-3)25-46-31-18-20-33(35(43)23-31)38-40-37(22-29-14-16-30(45-5)17-15-29)41-39(42-38)34-21-19-32(24-36(34)44)47-26-28(9-4)13-11-7-2/h14-21,23-24,27-28,43-44H,6-13,22,25-26H2,1-5H3. The zero-order valence-electron chi connectivity index (χ0n) is 28.7. The van der Waals surface area contributed by atoms with Gasteiger partial charge < -0.3 is 24.4 Å². The van der Waals surface area contributed by atoms with Crippen molar-refractivity contribution in [3.63, 3.8) is 0 Å². The van der Waals surface area contributed by atoms with Crippen molar-refractivity contribution in [3.8, 4) is 51.5 Å². The molecule has 0 aliphatic heterocycles. The van der Waals surface area contributed by atoms with Crippen molar-refractivity contribution in [1.82, 2.24) is 15.0 Å². The summed E-state index contributed by atoms with van der Waals surface area (Å²) in [6, 6.07) is 18.1. The van der Waals surface area contributed by atoms with Gasteiger partial charge in [-0.25, -0.2) is 15.0 Å². The summed E-state index contributed by atoms with van der Waals surface area (Å²) < 4.78 is 17.4. The fourth-order valence-electron chi connectivity index (χ4n) is 5.47. The molecule has 2 atom stereocenters. The van der Waals surface area contributed by atoms with Crippen molar-refractivity contribution in [2.24, 2.45) is 11.8 Å². The van der Waals surface area contributed by atoms with Crippen LogP contribution in [0, 0.1) is 11.8 Å². The Morgan fingerprint density at radius 1 is 0.617 bits per heavy atom. The van der Waals surface area contributed by atoms with Gasteiger partial charge in [-0.05, 0) is 66.6 Å². The molecule has 1 aromatic heterocycles. The minimum absolute atomic E-state index is 0.0122. The summed E-state index contributed by atoms with van der Waals surface area (Å²) in [6.45, 7) is 9.97. The summed E-state index contributed by atoms with van der Waals surface area (Å²) in [5.74, 6) is 4.04. The van der Waals surface area contributed by atoms with Gasteiger partial charge in [0.15, 0.2) is 11.6 Å². The van der Waals surface area contributed by atoms with E-state index < -0.39 is 0 Å². The van der Waals surface area contributed by atoms with E-state index in [0.717, 1.165) is 49.8 Å². The molecule has 0 spiro atoms. The van der Waals surface area contributed by atoms with Crippen LogP contribution in [-0.2, 0) is 6.42 Å². The predicted octanol–water partition coefficient (Wildman–Crippen LogP) is 9.41. The van der Waals surface area contributed by atoms with E-state index in [9.17, 15) is 10.2 Å². The van der Waals surface area contributed by atoms with Gasteiger partial charge in [-0.15, -0.1) is 0 Å². The lowest BCUT2D eigenvalue weighted by Gasteiger charge is -2.16. The number of nitrogens with zero attached hydrogens (tertiary/aromatic N) is 3. The highest BCUT2D eigenvalue weighted by molar-refractivity contribution is 5.70. The number of aromatic nitrogens is 3. The number of hydrogen-bond donors (Lipinski definition) is 2. The van der Waals surface area contributed by atoms with E-state index in [1.54, 1.807) is 31.4 Å². The number of methoxy groups -OCH3 is 1. The Kier molecular flexibility index (Phi) is 13.7. The summed E-state index contributed by atoms with van der Waals surface area (Å²) in [4.78, 5) is 14.2. The average molecular weight is 642 g/mol. The third-order valence-electron chi connectivity index (χ3n) is 8.68. The molecule has 0 radical (unpaired) electrons. The third kappa shape index (κ3) is 10.3. The van der Waals surface area contributed by atoms with E-state index in [1.807, 2.05) is 36.4 Å². The minimum atomic E-state index is 0.0122. The van der Waals surface area contributed by atoms with E-state index >= 15 is 0 Å². The SMILES string of the molecule is CCCCC(CC)COc1ccc(-c2nc(Cc3ccc(OC)cc3)nc(-c3ccc(OCC(CC)CCCC)cc3O)n2)c(O)c1. The Balaban J connectivity index is 1.63. The Labute approximate surface area is 280 Å². The Morgan fingerprint density at radius 2 is 1.09 bits per heavy atom. The normalized spacial score (nSPS) is 12.4. The lowest BCUT2D eigenvalue weighted by atomic mass is 10.0. The van der Waals surface area contributed by atoms with Crippen molar-refractivity contribution in [2.45, 2.75) is 85.5 Å². The van der Waals surface area contributed by atoms with Crippen LogP contribution in [0.4, 0.5) is 0 Å². The molecule has 47 heavy (non-hydrogen) atoms. The van der Waals surface area contributed by atoms with E-state index in [-0.39, 0.29) is 11.5 Å². The van der Waals surface area contributed by atoms with Gasteiger partial charge in [0.05, 0.1) is 31.5 Å². The molecule has 0 saturated carbocycles. The molecular formula is C39H51N3O5. The molecule has 0 aliphatic rings. The van der Waals surface area contributed by atoms with Gasteiger partial charge in [-0.1, -0.05) is 78.4 Å². The van der Waals surface area contributed by atoms with Gasteiger partial charge in [0.25, 0.3) is 0 Å². The Hall–Kier alpha value is -4.33. The van der Waals surface area contributed by atoms with Crippen LogP contribution in [0.25, 0.3) is 22.8 Å². The van der Waals surface area contributed by atoms with Crippen molar-refractivity contribution >= 4 is 0 Å². The first kappa shape index (κ1) is 35.5. The average Bonchev–Trinajstić information content (AvgIpc) is 3.08. The number of benzene rings is 3. The second-order valence-electron chi connectivity index (χ2n) is 12.2. The molecule has 8 heteroatoms. The van der Waals surface area contributed by atoms with E-state index in [1.165, 1.54) is 12.8 Å². The molecule has 2 unspecified atom stereocenters. The third-order valence-corrected chi connectivity index (χ3v) is 8.68. The highest BCUT2D eigenvalue weighted by Gasteiger charge is 2.18. The molecule has 3 aromatic carbocycles. The van der Waals surface area contributed by atoms with Gasteiger partial charge in [0.2, 0.25) is 0 Å². The van der Waals surface area contributed by atoms with Crippen molar-refractivity contribution in [1.29, 1.82) is 0 Å². The molecule has 0 amide bonds. The first-order chi connectivity index (χ1) is 22.9. The molecule has 252 valence electrons. The summed E-state index contributed by atoms with van der Waals surface area (Å²) in [6.07, 6.45) is 9.44. The van der Waals surface area contributed by atoms with Crippen molar-refractivity contribution in [2.75, 3.05) is 20.3 Å². The Morgan fingerprint density at radius 3 is 1.49 bits per heavy atom. The molecule has 1 heterocycles. The largest absolute Gasteiger partial charge is 0.507 e. The second kappa shape index (κ2) is 18.1. The highest BCUT2D eigenvalue weighted by atomic mass is 16.5. The zero-order chi connectivity index (χ0) is 33.6. The number of unbranched alkanes of at least 4 members (excludes halogenated alkanes) is 2. The Bertz CT molecular complexity index is 1450. The smallest absolute Gasteiger partial charge is 0.167 e. The van der Waals surface area contributed by atoms with E-state index in [2.05, 4.69) is 27.7 Å². The number of ether oxygens (including phenoxy) is 3. The maximum atomic E-state index is 11.1. The summed E-state index contributed by atoms with van der Waals surface area (Å²) in [5.41, 5.74) is 1.89. The number of aromatic hydroxyl groups is 2. The molecule has 4 rings (SSSR count). The van der Waals surface area contributed by atoms with E-state index in [4.69, 9.17) is 29.2 Å². The second-order valence-corrected chi connectivity index (χ2v) is 12.2. The summed E-state index contributed by atoms with van der Waals surface area (Å²) >= 11 is 0. The maximum Gasteiger partial charge on any atom is 0.167 e. The van der Waals surface area contributed by atoms with E-state index in [0.29, 0.717) is 71.6 Å². The molecule has 4 aromatic rings. The van der Waals surface area contributed by atoms with Crippen LogP contribution in [0.5, 0.6) is 28.7 Å². The van der Waals surface area contributed by atoms with Crippen molar-refractivity contribution in [3.05, 3.63) is 72.1 Å². The molecule has 0 aliphatic carbocycles. The number of phenols is 2. The zero-order valence-corrected chi connectivity index (χ0v) is 28.7. The quantitative estimate of drug-likeness (QED) is 0.104.